The molecule has 0 radical (unpaired) electrons. The summed E-state index contributed by atoms with van der Waals surface area (Å²) in [5.41, 5.74) is -0.303. The van der Waals surface area contributed by atoms with E-state index >= 15 is 0 Å². The number of amides is 1. The van der Waals surface area contributed by atoms with Crippen LogP contribution in [0.2, 0.25) is 5.02 Å². The number of nitrogens with one attached hydrogen (secondary N) is 1. The summed E-state index contributed by atoms with van der Waals surface area (Å²) in [6.45, 7) is 0.548. The SMILES string of the molecule is O=C(NCCSCCCO)c1cc(Cl)ccc1[N+](=O)[O-]. The molecular weight excluding hydrogens is 304 g/mol. The van der Waals surface area contributed by atoms with Gasteiger partial charge in [-0.1, -0.05) is 11.6 Å². The normalized spacial score (nSPS) is 10.3. The molecule has 0 atom stereocenters. The first-order chi connectivity index (χ1) is 9.56. The van der Waals surface area contributed by atoms with E-state index in [-0.39, 0.29) is 22.9 Å². The Hall–Kier alpha value is -1.31. The van der Waals surface area contributed by atoms with Gasteiger partial charge in [-0.3, -0.25) is 14.9 Å². The molecule has 1 rings (SSSR count). The zero-order valence-electron chi connectivity index (χ0n) is 10.7. The Balaban J connectivity index is 2.54. The number of nitro benzene ring substituents is 1. The highest BCUT2D eigenvalue weighted by Gasteiger charge is 2.19. The molecule has 0 fully saturated rings. The molecule has 20 heavy (non-hydrogen) atoms. The second kappa shape index (κ2) is 8.78. The summed E-state index contributed by atoms with van der Waals surface area (Å²) < 4.78 is 0. The Bertz CT molecular complexity index is 485. The number of nitro groups is 1. The summed E-state index contributed by atoms with van der Waals surface area (Å²) in [6, 6.07) is 3.88. The van der Waals surface area contributed by atoms with Gasteiger partial charge in [-0.2, -0.15) is 11.8 Å². The Morgan fingerprint density at radius 1 is 1.45 bits per heavy atom. The average Bonchev–Trinajstić information content (AvgIpc) is 2.42. The predicted molar refractivity (Wildman–Crippen MR) is 79.5 cm³/mol. The highest BCUT2D eigenvalue weighted by atomic mass is 35.5. The molecule has 0 heterocycles. The molecule has 1 aromatic rings. The maximum Gasteiger partial charge on any atom is 0.282 e. The van der Waals surface area contributed by atoms with E-state index in [0.29, 0.717) is 18.7 Å². The molecule has 0 aliphatic heterocycles. The van der Waals surface area contributed by atoms with Gasteiger partial charge in [-0.05, 0) is 24.3 Å². The van der Waals surface area contributed by atoms with Gasteiger partial charge < -0.3 is 10.4 Å². The number of nitrogens with zero attached hydrogens (tertiary/aromatic N) is 1. The summed E-state index contributed by atoms with van der Waals surface area (Å²) in [6.07, 6.45) is 0.707. The van der Waals surface area contributed by atoms with Crippen LogP contribution in [0.4, 0.5) is 5.69 Å². The Labute approximate surface area is 125 Å². The van der Waals surface area contributed by atoms with E-state index in [1.54, 1.807) is 11.8 Å². The van der Waals surface area contributed by atoms with Crippen LogP contribution in [0.3, 0.4) is 0 Å². The van der Waals surface area contributed by atoms with E-state index in [1.165, 1.54) is 18.2 Å². The van der Waals surface area contributed by atoms with E-state index in [0.717, 1.165) is 5.75 Å². The third kappa shape index (κ3) is 5.36. The molecular formula is C12H15ClN2O4S. The molecule has 0 aliphatic carbocycles. The van der Waals surface area contributed by atoms with Crippen molar-refractivity contribution < 1.29 is 14.8 Å². The summed E-state index contributed by atoms with van der Waals surface area (Å²) >= 11 is 7.35. The van der Waals surface area contributed by atoms with Gasteiger partial charge in [-0.25, -0.2) is 0 Å². The highest BCUT2D eigenvalue weighted by molar-refractivity contribution is 7.99. The Kier molecular flexibility index (Phi) is 7.35. The lowest BCUT2D eigenvalue weighted by molar-refractivity contribution is -0.385. The quantitative estimate of drug-likeness (QED) is 0.435. The largest absolute Gasteiger partial charge is 0.396 e. The van der Waals surface area contributed by atoms with Crippen molar-refractivity contribution in [1.82, 2.24) is 5.32 Å². The number of hydrogen-bond donors (Lipinski definition) is 2. The van der Waals surface area contributed by atoms with E-state index in [1.807, 2.05) is 0 Å². The van der Waals surface area contributed by atoms with E-state index in [2.05, 4.69) is 5.32 Å². The molecule has 1 amide bonds. The lowest BCUT2D eigenvalue weighted by Crippen LogP contribution is -2.26. The minimum Gasteiger partial charge on any atom is -0.396 e. The molecule has 6 nitrogen and oxygen atoms in total. The molecule has 8 heteroatoms. The second-order valence-corrected chi connectivity index (χ2v) is 5.53. The third-order valence-electron chi connectivity index (χ3n) is 2.38. The van der Waals surface area contributed by atoms with Crippen molar-refractivity contribution >= 4 is 35.0 Å². The number of thioether (sulfide) groups is 1. The molecule has 0 unspecified atom stereocenters. The molecule has 0 spiro atoms. The van der Waals surface area contributed by atoms with Gasteiger partial charge in [0, 0.05) is 30.0 Å². The maximum absolute atomic E-state index is 11.9. The van der Waals surface area contributed by atoms with Crippen LogP contribution in [0.5, 0.6) is 0 Å². The first-order valence-corrected chi connectivity index (χ1v) is 7.50. The second-order valence-electron chi connectivity index (χ2n) is 3.86. The van der Waals surface area contributed by atoms with Gasteiger partial charge in [0.05, 0.1) is 4.92 Å². The lowest BCUT2D eigenvalue weighted by Gasteiger charge is -2.06. The average molecular weight is 319 g/mol. The molecule has 0 aliphatic rings. The predicted octanol–water partition coefficient (Wildman–Crippen LogP) is 2.09. The first kappa shape index (κ1) is 16.7. The smallest absolute Gasteiger partial charge is 0.282 e. The van der Waals surface area contributed by atoms with Gasteiger partial charge in [0.15, 0.2) is 0 Å². The molecule has 2 N–H and O–H groups in total. The number of rotatable bonds is 8. The summed E-state index contributed by atoms with van der Waals surface area (Å²) in [4.78, 5) is 22.1. The van der Waals surface area contributed by atoms with Crippen LogP contribution in [0.25, 0.3) is 0 Å². The molecule has 0 bridgehead atoms. The zero-order chi connectivity index (χ0) is 15.0. The highest BCUT2D eigenvalue weighted by Crippen LogP contribution is 2.22. The molecule has 110 valence electrons. The van der Waals surface area contributed by atoms with Gasteiger partial charge in [0.2, 0.25) is 0 Å². The van der Waals surface area contributed by atoms with E-state index in [9.17, 15) is 14.9 Å². The van der Waals surface area contributed by atoms with Crippen LogP contribution in [0.1, 0.15) is 16.8 Å². The Morgan fingerprint density at radius 2 is 2.20 bits per heavy atom. The third-order valence-corrected chi connectivity index (χ3v) is 3.68. The number of hydrogen-bond acceptors (Lipinski definition) is 5. The van der Waals surface area contributed by atoms with Crippen LogP contribution in [0, 0.1) is 10.1 Å². The van der Waals surface area contributed by atoms with Crippen LogP contribution in [-0.2, 0) is 0 Å². The lowest BCUT2D eigenvalue weighted by atomic mass is 10.1. The monoisotopic (exact) mass is 318 g/mol. The molecule has 0 aromatic heterocycles. The fourth-order valence-electron chi connectivity index (χ4n) is 1.45. The standard InChI is InChI=1S/C12H15ClN2O4S/c13-9-2-3-11(15(18)19)10(8-9)12(17)14-4-7-20-6-1-5-16/h2-3,8,16H,1,4-7H2,(H,14,17). The van der Waals surface area contributed by atoms with Gasteiger partial charge in [0.1, 0.15) is 5.56 Å². The summed E-state index contributed by atoms with van der Waals surface area (Å²) in [5, 5.41) is 22.3. The van der Waals surface area contributed by atoms with Crippen LogP contribution >= 0.6 is 23.4 Å². The molecule has 0 saturated carbocycles. The van der Waals surface area contributed by atoms with E-state index < -0.39 is 10.8 Å². The van der Waals surface area contributed by atoms with Crippen molar-refractivity contribution in [1.29, 1.82) is 0 Å². The topological polar surface area (TPSA) is 92.5 Å². The van der Waals surface area contributed by atoms with Crippen molar-refractivity contribution in [2.45, 2.75) is 6.42 Å². The number of aliphatic hydroxyl groups is 1. The number of carbonyl (C=O) groups excluding carboxylic acids is 1. The molecule has 0 saturated heterocycles. The van der Waals surface area contributed by atoms with Crippen molar-refractivity contribution in [2.24, 2.45) is 0 Å². The van der Waals surface area contributed by atoms with Gasteiger partial charge >= 0.3 is 0 Å². The first-order valence-electron chi connectivity index (χ1n) is 5.97. The number of carbonyl (C=O) groups is 1. The minimum absolute atomic E-state index is 0.0390. The number of halogens is 1. The fourth-order valence-corrected chi connectivity index (χ4v) is 2.41. The van der Waals surface area contributed by atoms with Gasteiger partial charge in [0.25, 0.3) is 11.6 Å². The van der Waals surface area contributed by atoms with Crippen molar-refractivity contribution in [3.05, 3.63) is 38.9 Å². The number of benzene rings is 1. The van der Waals surface area contributed by atoms with Crippen LogP contribution in [0.15, 0.2) is 18.2 Å². The van der Waals surface area contributed by atoms with Crippen molar-refractivity contribution in [3.8, 4) is 0 Å². The molecule has 1 aromatic carbocycles. The maximum atomic E-state index is 11.9. The van der Waals surface area contributed by atoms with Crippen molar-refractivity contribution in [2.75, 3.05) is 24.7 Å². The summed E-state index contributed by atoms with van der Waals surface area (Å²) in [5.74, 6) is 0.978. The van der Waals surface area contributed by atoms with Crippen LogP contribution in [-0.4, -0.2) is 40.6 Å². The summed E-state index contributed by atoms with van der Waals surface area (Å²) in [7, 11) is 0. The number of aliphatic hydroxyl groups excluding tert-OH is 1. The zero-order valence-corrected chi connectivity index (χ0v) is 12.2. The Morgan fingerprint density at radius 3 is 2.85 bits per heavy atom. The van der Waals surface area contributed by atoms with Crippen LogP contribution < -0.4 is 5.32 Å². The van der Waals surface area contributed by atoms with Crippen molar-refractivity contribution in [3.63, 3.8) is 0 Å². The van der Waals surface area contributed by atoms with Gasteiger partial charge in [-0.15, -0.1) is 0 Å². The minimum atomic E-state index is -0.610. The fraction of sp³-hybridized carbons (Fsp3) is 0.417. The van der Waals surface area contributed by atoms with E-state index in [4.69, 9.17) is 16.7 Å².